The number of aryl methyl sites for hydroxylation is 1. The van der Waals surface area contributed by atoms with Gasteiger partial charge in [-0.15, -0.1) is 0 Å². The zero-order valence-electron chi connectivity index (χ0n) is 25.2. The van der Waals surface area contributed by atoms with Crippen molar-refractivity contribution in [1.82, 2.24) is 19.8 Å². The molecule has 1 fully saturated rings. The quantitative estimate of drug-likeness (QED) is 0.234. The second kappa shape index (κ2) is 13.6. The third-order valence-corrected chi connectivity index (χ3v) is 8.86. The van der Waals surface area contributed by atoms with Gasteiger partial charge in [0, 0.05) is 51.6 Å². The zero-order valence-corrected chi connectivity index (χ0v) is 25.2. The van der Waals surface area contributed by atoms with E-state index in [9.17, 15) is 14.7 Å². The maximum atomic E-state index is 13.4. The van der Waals surface area contributed by atoms with E-state index in [1.165, 1.54) is 0 Å². The molecule has 2 aliphatic rings. The van der Waals surface area contributed by atoms with Crippen LogP contribution in [0.3, 0.4) is 0 Å². The van der Waals surface area contributed by atoms with Crippen LogP contribution in [0.5, 0.6) is 0 Å². The molecule has 0 spiro atoms. The lowest BCUT2D eigenvalue weighted by Crippen LogP contribution is -2.45. The number of benzene rings is 3. The fourth-order valence-corrected chi connectivity index (χ4v) is 6.73. The molecule has 6 rings (SSSR count). The number of likely N-dealkylation sites (tertiary alicyclic amines) is 1. The van der Waals surface area contributed by atoms with Gasteiger partial charge in [-0.25, -0.2) is 9.78 Å². The molecule has 1 aromatic heterocycles. The minimum absolute atomic E-state index is 0.00231. The van der Waals surface area contributed by atoms with Crippen LogP contribution < -0.4 is 5.32 Å². The van der Waals surface area contributed by atoms with Crippen LogP contribution in [0.2, 0.25) is 0 Å². The monoisotopic (exact) mass is 596 g/mol. The first kappa shape index (κ1) is 29.8. The average Bonchev–Trinajstić information content (AvgIpc) is 3.59. The summed E-state index contributed by atoms with van der Waals surface area (Å²) in [4.78, 5) is 33.1. The lowest BCUT2D eigenvalue weighted by Gasteiger charge is -2.33. The van der Waals surface area contributed by atoms with E-state index < -0.39 is 12.1 Å². The molecule has 4 aromatic rings. The van der Waals surface area contributed by atoms with Gasteiger partial charge in [-0.05, 0) is 53.6 Å². The molecule has 230 valence electrons. The third-order valence-electron chi connectivity index (χ3n) is 8.86. The Hall–Kier alpha value is -4.21. The molecule has 9 heteroatoms. The van der Waals surface area contributed by atoms with Crippen molar-refractivity contribution in [3.63, 3.8) is 0 Å². The molecular formula is C35H40N4O5. The van der Waals surface area contributed by atoms with Crippen LogP contribution in [0.1, 0.15) is 54.5 Å². The first-order valence-corrected chi connectivity index (χ1v) is 15.5. The summed E-state index contributed by atoms with van der Waals surface area (Å²) in [7, 11) is 1.71. The van der Waals surface area contributed by atoms with Crippen molar-refractivity contribution < 1.29 is 24.2 Å². The van der Waals surface area contributed by atoms with Gasteiger partial charge in [0.15, 0.2) is 0 Å². The molecule has 2 N–H and O–H groups in total. The number of nitrogens with one attached hydrogen (secondary N) is 1. The lowest BCUT2D eigenvalue weighted by atomic mass is 9.96. The average molecular weight is 597 g/mol. The summed E-state index contributed by atoms with van der Waals surface area (Å²) in [6, 6.07) is 23.7. The Kier molecular flexibility index (Phi) is 9.23. The van der Waals surface area contributed by atoms with Crippen LogP contribution in [0.25, 0.3) is 22.2 Å². The highest BCUT2D eigenvalue weighted by Gasteiger charge is 2.31. The van der Waals surface area contributed by atoms with Crippen LogP contribution in [-0.4, -0.2) is 77.6 Å². The minimum Gasteiger partial charge on any atom is -0.449 e. The van der Waals surface area contributed by atoms with Crippen LogP contribution >= 0.6 is 0 Å². The molecular weight excluding hydrogens is 556 g/mol. The number of hydrogen-bond acceptors (Lipinski definition) is 6. The van der Waals surface area contributed by atoms with Crippen molar-refractivity contribution in [1.29, 1.82) is 0 Å². The topological polar surface area (TPSA) is 106 Å². The number of alkyl carbamates (subject to hydrolysis) is 1. The van der Waals surface area contributed by atoms with Gasteiger partial charge >= 0.3 is 6.09 Å². The predicted molar refractivity (Wildman–Crippen MR) is 168 cm³/mol. The fourth-order valence-electron chi connectivity index (χ4n) is 6.73. The van der Waals surface area contributed by atoms with E-state index in [4.69, 9.17) is 14.5 Å². The largest absolute Gasteiger partial charge is 0.449 e. The van der Waals surface area contributed by atoms with Gasteiger partial charge in [0.05, 0.1) is 23.7 Å². The highest BCUT2D eigenvalue weighted by Crippen LogP contribution is 2.44. The first-order chi connectivity index (χ1) is 21.6. The number of para-hydroxylation sites is 2. The zero-order chi connectivity index (χ0) is 30.5. The van der Waals surface area contributed by atoms with E-state index in [1.54, 1.807) is 7.11 Å². The molecule has 3 aromatic carbocycles. The number of amides is 2. The van der Waals surface area contributed by atoms with Crippen molar-refractivity contribution >= 4 is 23.0 Å². The summed E-state index contributed by atoms with van der Waals surface area (Å²) >= 11 is 0. The number of carbonyl (C=O) groups excluding carboxylic acids is 2. The summed E-state index contributed by atoms with van der Waals surface area (Å²) in [6.07, 6.45) is 2.04. The molecule has 0 unspecified atom stereocenters. The fraction of sp³-hybridized carbons (Fsp3) is 0.400. The standard InChI is InChI=1S/C35H40N4O5/c1-43-19-9-18-39-32-16-7-6-15-31(32)37-34(39)24-10-8-17-38(21-24)33(41)20-25(22-40)36-35(42)44-23-30-28-13-4-2-11-26(28)27-12-3-5-14-29(27)30/h2-7,11-16,24-25,30,40H,8-10,17-23H2,1H3,(H,36,42)/t24-,25+/m1/s1. The molecule has 1 aliphatic carbocycles. The Morgan fingerprint density at radius 3 is 2.45 bits per heavy atom. The highest BCUT2D eigenvalue weighted by molar-refractivity contribution is 5.80. The molecule has 2 heterocycles. The van der Waals surface area contributed by atoms with Crippen LogP contribution in [0.4, 0.5) is 4.79 Å². The summed E-state index contributed by atoms with van der Waals surface area (Å²) in [5.74, 6) is 0.932. The van der Waals surface area contributed by atoms with Gasteiger partial charge in [-0.1, -0.05) is 60.7 Å². The van der Waals surface area contributed by atoms with Crippen molar-refractivity contribution in [2.75, 3.05) is 40.0 Å². The van der Waals surface area contributed by atoms with E-state index >= 15 is 0 Å². The van der Waals surface area contributed by atoms with Gasteiger partial charge in [0.2, 0.25) is 5.91 Å². The number of imidazole rings is 1. The summed E-state index contributed by atoms with van der Waals surface area (Å²) in [5, 5.41) is 12.8. The molecule has 1 aliphatic heterocycles. The Morgan fingerprint density at radius 2 is 1.73 bits per heavy atom. The normalized spacial score (nSPS) is 16.9. The van der Waals surface area contributed by atoms with Crippen molar-refractivity contribution in [2.24, 2.45) is 0 Å². The molecule has 2 atom stereocenters. The number of hydrogen-bond donors (Lipinski definition) is 2. The Morgan fingerprint density at radius 1 is 1.02 bits per heavy atom. The van der Waals surface area contributed by atoms with E-state index in [2.05, 4.69) is 40.2 Å². The van der Waals surface area contributed by atoms with E-state index in [1.807, 2.05) is 47.4 Å². The van der Waals surface area contributed by atoms with E-state index in [0.29, 0.717) is 19.7 Å². The molecule has 44 heavy (non-hydrogen) atoms. The number of rotatable bonds is 11. The smallest absolute Gasteiger partial charge is 0.407 e. The Labute approximate surface area is 257 Å². The van der Waals surface area contributed by atoms with Gasteiger partial charge in [-0.2, -0.15) is 0 Å². The second-order valence-electron chi connectivity index (χ2n) is 11.7. The van der Waals surface area contributed by atoms with E-state index in [0.717, 1.165) is 64.9 Å². The number of carbonyl (C=O) groups is 2. The first-order valence-electron chi connectivity index (χ1n) is 15.5. The van der Waals surface area contributed by atoms with Crippen LogP contribution in [-0.2, 0) is 20.8 Å². The predicted octanol–water partition coefficient (Wildman–Crippen LogP) is 5.07. The maximum Gasteiger partial charge on any atom is 0.407 e. The number of ether oxygens (including phenoxy) is 2. The molecule has 9 nitrogen and oxygen atoms in total. The number of aliphatic hydroxyl groups excluding tert-OH is 1. The third kappa shape index (κ3) is 6.21. The van der Waals surface area contributed by atoms with Gasteiger partial charge in [-0.3, -0.25) is 4.79 Å². The summed E-state index contributed by atoms with van der Waals surface area (Å²) in [6.45, 7) is 2.47. The van der Waals surface area contributed by atoms with Crippen molar-refractivity contribution in [3.05, 3.63) is 89.7 Å². The molecule has 1 saturated heterocycles. The lowest BCUT2D eigenvalue weighted by molar-refractivity contribution is -0.133. The van der Waals surface area contributed by atoms with Gasteiger partial charge < -0.3 is 29.4 Å². The van der Waals surface area contributed by atoms with E-state index in [-0.39, 0.29) is 37.4 Å². The summed E-state index contributed by atoms with van der Waals surface area (Å²) in [5.41, 5.74) is 6.61. The number of aromatic nitrogens is 2. The number of nitrogens with zero attached hydrogens (tertiary/aromatic N) is 3. The number of methoxy groups -OCH3 is 1. The number of aliphatic hydroxyl groups is 1. The maximum absolute atomic E-state index is 13.4. The Balaban J connectivity index is 1.06. The van der Waals surface area contributed by atoms with Gasteiger partial charge in [0.25, 0.3) is 0 Å². The summed E-state index contributed by atoms with van der Waals surface area (Å²) < 4.78 is 13.2. The Bertz CT molecular complexity index is 1570. The second-order valence-corrected chi connectivity index (χ2v) is 11.7. The highest BCUT2D eigenvalue weighted by atomic mass is 16.5. The number of piperidine rings is 1. The van der Waals surface area contributed by atoms with Crippen LogP contribution in [0.15, 0.2) is 72.8 Å². The molecule has 0 radical (unpaired) electrons. The molecule has 0 saturated carbocycles. The van der Waals surface area contributed by atoms with Crippen molar-refractivity contribution in [2.45, 2.75) is 50.1 Å². The van der Waals surface area contributed by atoms with Gasteiger partial charge in [0.1, 0.15) is 12.4 Å². The molecule has 0 bridgehead atoms. The van der Waals surface area contributed by atoms with Crippen LogP contribution in [0, 0.1) is 0 Å². The number of fused-ring (bicyclic) bond motifs is 4. The minimum atomic E-state index is -0.739. The SMILES string of the molecule is COCCCn1c([C@@H]2CCCN(C(=O)C[C@@H](CO)NC(=O)OCC3c4ccccc4-c4ccccc43)C2)nc2ccccc21. The molecule has 2 amide bonds. The van der Waals surface area contributed by atoms with Crippen molar-refractivity contribution in [3.8, 4) is 11.1 Å².